The Bertz CT molecular complexity index is 498. The minimum Gasteiger partial charge on any atom is -0.106 e. The first kappa shape index (κ1) is 13.2. The van der Waals surface area contributed by atoms with Crippen molar-refractivity contribution in [3.8, 4) is 11.1 Å². The molecule has 2 rings (SSSR count). The highest BCUT2D eigenvalue weighted by atomic mass is 127. The molecule has 0 radical (unpaired) electrons. The Morgan fingerprint density at radius 2 is 1.25 bits per heavy atom. The van der Waals surface area contributed by atoms with E-state index in [4.69, 9.17) is 0 Å². The fourth-order valence-corrected chi connectivity index (χ4v) is 3.55. The molecule has 0 fully saturated rings. The Kier molecular flexibility index (Phi) is 4.62. The summed E-state index contributed by atoms with van der Waals surface area (Å²) < 4.78 is 2.58. The number of benzene rings is 2. The van der Waals surface area contributed by atoms with Crippen molar-refractivity contribution in [3.05, 3.63) is 43.5 Å². The molecule has 0 bridgehead atoms. The van der Waals surface area contributed by atoms with Crippen LogP contribution in [0, 0.1) is 7.14 Å². The molecule has 2 aromatic carbocycles. The fourth-order valence-electron chi connectivity index (χ4n) is 1.43. The molecule has 82 valence electrons. The molecule has 0 spiro atoms. The first-order chi connectivity index (χ1) is 7.58. The quantitative estimate of drug-likeness (QED) is 0.442. The summed E-state index contributed by atoms with van der Waals surface area (Å²) in [5.41, 5.74) is 2.55. The van der Waals surface area contributed by atoms with Gasteiger partial charge in [-0.25, -0.2) is 0 Å². The predicted octanol–water partition coefficient (Wildman–Crippen LogP) is 3.56. The van der Waals surface area contributed by atoms with E-state index in [-0.39, 0.29) is 0 Å². The third kappa shape index (κ3) is 2.95. The van der Waals surface area contributed by atoms with Crippen molar-refractivity contribution in [2.45, 2.75) is 0 Å². The molecule has 0 aromatic heterocycles. The molecule has 0 heterocycles. The molecular formula is C12H10I2P2. The van der Waals surface area contributed by atoms with Gasteiger partial charge in [0.05, 0.1) is 0 Å². The lowest BCUT2D eigenvalue weighted by atomic mass is 10.1. The number of halogens is 2. The van der Waals surface area contributed by atoms with E-state index >= 15 is 0 Å². The van der Waals surface area contributed by atoms with Gasteiger partial charge in [-0.05, 0) is 79.1 Å². The summed E-state index contributed by atoms with van der Waals surface area (Å²) in [6.45, 7) is 0. The van der Waals surface area contributed by atoms with E-state index in [0.717, 1.165) is 0 Å². The van der Waals surface area contributed by atoms with Crippen molar-refractivity contribution >= 4 is 74.3 Å². The fraction of sp³-hybridized carbons (Fsp3) is 0. The highest BCUT2D eigenvalue weighted by Gasteiger charge is 2.04. The minimum atomic E-state index is 1.22. The summed E-state index contributed by atoms with van der Waals surface area (Å²) in [7, 11) is 5.50. The van der Waals surface area contributed by atoms with Gasteiger partial charge in [-0.1, -0.05) is 24.3 Å². The van der Waals surface area contributed by atoms with Crippen LogP contribution in [0.4, 0.5) is 0 Å². The average Bonchev–Trinajstić information content (AvgIpc) is 2.26. The van der Waals surface area contributed by atoms with Crippen LogP contribution in [0.25, 0.3) is 11.1 Å². The van der Waals surface area contributed by atoms with Crippen LogP contribution < -0.4 is 10.6 Å². The first-order valence-corrected chi connectivity index (χ1v) is 7.99. The van der Waals surface area contributed by atoms with E-state index in [2.05, 4.69) is 100 Å². The second kappa shape index (κ2) is 5.60. The van der Waals surface area contributed by atoms with Gasteiger partial charge in [0.1, 0.15) is 0 Å². The van der Waals surface area contributed by atoms with Gasteiger partial charge in [0, 0.05) is 7.14 Å². The summed E-state index contributed by atoms with van der Waals surface area (Å²) in [5.74, 6) is 0. The summed E-state index contributed by atoms with van der Waals surface area (Å²) in [6, 6.07) is 13.0. The zero-order valence-corrected chi connectivity index (χ0v) is 15.0. The lowest BCUT2D eigenvalue weighted by Gasteiger charge is -2.07. The summed E-state index contributed by atoms with van der Waals surface area (Å²) in [4.78, 5) is 0. The van der Waals surface area contributed by atoms with Crippen molar-refractivity contribution in [2.24, 2.45) is 0 Å². The molecule has 0 amide bonds. The SMILES string of the molecule is Pc1ccc(-c2cc(I)c(P)c(I)c2)cc1. The van der Waals surface area contributed by atoms with Gasteiger partial charge < -0.3 is 0 Å². The largest absolute Gasteiger partial charge is 0.106 e. The smallest absolute Gasteiger partial charge is 0.0218 e. The standard InChI is InChI=1S/C12H10I2P2/c13-10-5-8(6-11(14)12(10)16)7-1-3-9(15)4-2-7/h1-6H,15-16H2. The maximum Gasteiger partial charge on any atom is 0.0218 e. The maximum atomic E-state index is 2.79. The maximum absolute atomic E-state index is 2.79. The van der Waals surface area contributed by atoms with Crippen LogP contribution in [0.15, 0.2) is 36.4 Å². The Balaban J connectivity index is 2.52. The molecule has 4 heteroatoms. The molecule has 0 aliphatic carbocycles. The van der Waals surface area contributed by atoms with Crippen LogP contribution in [0.3, 0.4) is 0 Å². The van der Waals surface area contributed by atoms with Crippen LogP contribution in [0.5, 0.6) is 0 Å². The van der Waals surface area contributed by atoms with Crippen LogP contribution in [-0.2, 0) is 0 Å². The second-order valence-corrected chi connectivity index (χ2v) is 7.04. The molecule has 16 heavy (non-hydrogen) atoms. The lowest BCUT2D eigenvalue weighted by Crippen LogP contribution is -2.02. The zero-order chi connectivity index (χ0) is 11.7. The zero-order valence-electron chi connectivity index (χ0n) is 8.37. The summed E-state index contributed by atoms with van der Waals surface area (Å²) >= 11 is 4.76. The third-order valence-electron chi connectivity index (χ3n) is 2.32. The van der Waals surface area contributed by atoms with Crippen LogP contribution in [0.1, 0.15) is 0 Å². The normalized spacial score (nSPS) is 10.5. The van der Waals surface area contributed by atoms with Crippen molar-refractivity contribution in [1.82, 2.24) is 0 Å². The van der Waals surface area contributed by atoms with Gasteiger partial charge in [0.2, 0.25) is 0 Å². The Labute approximate surface area is 128 Å². The van der Waals surface area contributed by atoms with Crippen molar-refractivity contribution < 1.29 is 0 Å². The van der Waals surface area contributed by atoms with Crippen LogP contribution >= 0.6 is 63.7 Å². The third-order valence-corrected chi connectivity index (χ3v) is 6.29. The minimum absolute atomic E-state index is 1.22. The van der Waals surface area contributed by atoms with Crippen molar-refractivity contribution in [2.75, 3.05) is 0 Å². The van der Waals surface area contributed by atoms with Gasteiger partial charge in [0.15, 0.2) is 0 Å². The predicted molar refractivity (Wildman–Crippen MR) is 96.0 cm³/mol. The number of hydrogen-bond donors (Lipinski definition) is 0. The van der Waals surface area contributed by atoms with Gasteiger partial charge in [-0.2, -0.15) is 0 Å². The molecule has 0 nitrogen and oxygen atoms in total. The molecule has 0 saturated heterocycles. The summed E-state index contributed by atoms with van der Waals surface area (Å²) in [6.07, 6.45) is 0. The van der Waals surface area contributed by atoms with E-state index < -0.39 is 0 Å². The monoisotopic (exact) mass is 470 g/mol. The highest BCUT2D eigenvalue weighted by molar-refractivity contribution is 14.1. The van der Waals surface area contributed by atoms with E-state index in [0.29, 0.717) is 0 Å². The lowest BCUT2D eigenvalue weighted by molar-refractivity contribution is 1.61. The van der Waals surface area contributed by atoms with Gasteiger partial charge in [-0.3, -0.25) is 0 Å². The summed E-state index contributed by atoms with van der Waals surface area (Å²) in [5, 5.41) is 2.50. The molecule has 0 aliphatic rings. The Morgan fingerprint density at radius 3 is 1.75 bits per heavy atom. The molecule has 0 N–H and O–H groups in total. The van der Waals surface area contributed by atoms with Gasteiger partial charge >= 0.3 is 0 Å². The van der Waals surface area contributed by atoms with Crippen molar-refractivity contribution in [3.63, 3.8) is 0 Å². The van der Waals surface area contributed by atoms with E-state index in [1.54, 1.807) is 0 Å². The van der Waals surface area contributed by atoms with E-state index in [9.17, 15) is 0 Å². The van der Waals surface area contributed by atoms with Crippen LogP contribution in [-0.4, -0.2) is 0 Å². The molecule has 0 saturated carbocycles. The Morgan fingerprint density at radius 1 is 0.750 bits per heavy atom. The molecule has 2 unspecified atom stereocenters. The van der Waals surface area contributed by atoms with E-state index in [1.165, 1.54) is 28.9 Å². The average molecular weight is 470 g/mol. The van der Waals surface area contributed by atoms with Crippen LogP contribution in [0.2, 0.25) is 0 Å². The molecule has 0 aliphatic heterocycles. The molecule has 2 atom stereocenters. The van der Waals surface area contributed by atoms with E-state index in [1.807, 2.05) is 0 Å². The highest BCUT2D eigenvalue weighted by Crippen LogP contribution is 2.24. The topological polar surface area (TPSA) is 0 Å². The molecule has 2 aromatic rings. The first-order valence-electron chi connectivity index (χ1n) is 4.68. The van der Waals surface area contributed by atoms with Gasteiger partial charge in [0.25, 0.3) is 0 Å². The van der Waals surface area contributed by atoms with Crippen molar-refractivity contribution in [1.29, 1.82) is 0 Å². The second-order valence-electron chi connectivity index (χ2n) is 3.48. The molecular weight excluding hydrogens is 460 g/mol. The Hall–Kier alpha value is 0.760. The number of rotatable bonds is 1. The number of hydrogen-bond acceptors (Lipinski definition) is 0. The van der Waals surface area contributed by atoms with Gasteiger partial charge in [-0.15, -0.1) is 18.5 Å².